The van der Waals surface area contributed by atoms with Gasteiger partial charge in [0, 0.05) is 47.7 Å². The molecule has 4 aromatic rings. The van der Waals surface area contributed by atoms with Crippen molar-refractivity contribution in [2.75, 3.05) is 0 Å². The Morgan fingerprint density at radius 3 is 2.62 bits per heavy atom. The van der Waals surface area contributed by atoms with Crippen LogP contribution in [0.2, 0.25) is 5.02 Å². The minimum absolute atomic E-state index is 0.0449. The molecule has 160 valence electrons. The summed E-state index contributed by atoms with van der Waals surface area (Å²) in [7, 11) is 0. The van der Waals surface area contributed by atoms with E-state index in [2.05, 4.69) is 49.1 Å². The van der Waals surface area contributed by atoms with Crippen LogP contribution in [-0.2, 0) is 6.54 Å². The average molecular weight is 460 g/mol. The molecule has 32 heavy (non-hydrogen) atoms. The lowest BCUT2D eigenvalue weighted by molar-refractivity contribution is 0.302. The number of hydrogen-bond donors (Lipinski definition) is 1. The first kappa shape index (κ1) is 20.7. The van der Waals surface area contributed by atoms with Gasteiger partial charge in [-0.2, -0.15) is 0 Å². The number of hydrogen-bond acceptors (Lipinski definition) is 3. The molecule has 5 rings (SSSR count). The van der Waals surface area contributed by atoms with Crippen molar-refractivity contribution in [2.24, 2.45) is 0 Å². The molecule has 1 fully saturated rings. The molecular formula is C25H22ClN5S. The van der Waals surface area contributed by atoms with E-state index in [1.807, 2.05) is 68.0 Å². The van der Waals surface area contributed by atoms with E-state index in [1.54, 1.807) is 0 Å². The van der Waals surface area contributed by atoms with Crippen LogP contribution in [0.3, 0.4) is 0 Å². The van der Waals surface area contributed by atoms with Gasteiger partial charge < -0.3 is 14.8 Å². The Bertz CT molecular complexity index is 1240. The monoisotopic (exact) mass is 459 g/mol. The second-order valence-corrected chi connectivity index (χ2v) is 8.64. The van der Waals surface area contributed by atoms with Gasteiger partial charge in [-0.05, 0) is 84.9 Å². The van der Waals surface area contributed by atoms with Gasteiger partial charge in [-0.3, -0.25) is 9.97 Å². The molecule has 3 aromatic heterocycles. The van der Waals surface area contributed by atoms with Crippen LogP contribution in [-0.4, -0.2) is 24.5 Å². The Labute approximate surface area is 197 Å². The van der Waals surface area contributed by atoms with Gasteiger partial charge in [-0.25, -0.2) is 0 Å². The van der Waals surface area contributed by atoms with E-state index in [0.29, 0.717) is 11.7 Å². The summed E-state index contributed by atoms with van der Waals surface area (Å²) in [6, 6.07) is 20.2. The van der Waals surface area contributed by atoms with Crippen molar-refractivity contribution in [3.63, 3.8) is 0 Å². The van der Waals surface area contributed by atoms with Gasteiger partial charge in [0.15, 0.2) is 5.11 Å². The van der Waals surface area contributed by atoms with E-state index in [-0.39, 0.29) is 12.1 Å². The molecule has 4 heterocycles. The molecule has 1 aliphatic rings. The molecule has 1 aliphatic heterocycles. The maximum absolute atomic E-state index is 6.29. The number of thiocarbonyl (C=S) groups is 1. The van der Waals surface area contributed by atoms with Gasteiger partial charge in [0.05, 0.1) is 17.8 Å². The lowest BCUT2D eigenvalue weighted by Gasteiger charge is -2.29. The number of pyridine rings is 2. The maximum atomic E-state index is 6.29. The van der Waals surface area contributed by atoms with Crippen LogP contribution >= 0.6 is 23.8 Å². The Morgan fingerprint density at radius 2 is 1.88 bits per heavy atom. The maximum Gasteiger partial charge on any atom is 0.170 e. The van der Waals surface area contributed by atoms with Gasteiger partial charge in [0.25, 0.3) is 0 Å². The number of nitrogens with one attached hydrogen (secondary N) is 1. The van der Waals surface area contributed by atoms with E-state index < -0.39 is 0 Å². The number of benzene rings is 1. The minimum Gasteiger partial charge on any atom is -0.352 e. The lowest BCUT2D eigenvalue weighted by atomic mass is 10.0. The second-order valence-electron chi connectivity index (χ2n) is 7.85. The predicted octanol–water partition coefficient (Wildman–Crippen LogP) is 5.40. The standard InChI is InChI=1S/C25H22ClN5S/c1-17-15-19(7-8-20(17)26)30-14-4-6-22(30)24-23(21-5-2-3-11-28-21)29-25(32)31(24)16-18-9-12-27-13-10-18/h2-15,23-24H,16H2,1H3,(H,29,32)/t23-,24+/m0/s1. The van der Waals surface area contributed by atoms with Crippen molar-refractivity contribution >= 4 is 28.9 Å². The molecule has 1 N–H and O–H groups in total. The molecule has 5 nitrogen and oxygen atoms in total. The van der Waals surface area contributed by atoms with E-state index in [4.69, 9.17) is 23.8 Å². The largest absolute Gasteiger partial charge is 0.352 e. The van der Waals surface area contributed by atoms with E-state index in [9.17, 15) is 0 Å². The van der Waals surface area contributed by atoms with Crippen LogP contribution in [0.1, 0.15) is 34.6 Å². The number of rotatable bonds is 5. The fraction of sp³-hybridized carbons (Fsp3) is 0.160. The molecule has 2 atom stereocenters. The summed E-state index contributed by atoms with van der Waals surface area (Å²) in [6.45, 7) is 2.70. The van der Waals surface area contributed by atoms with E-state index in [0.717, 1.165) is 33.2 Å². The molecule has 1 aromatic carbocycles. The summed E-state index contributed by atoms with van der Waals surface area (Å²) < 4.78 is 2.21. The SMILES string of the molecule is Cc1cc(-n2cccc2[C@@H]2[C@H](c3ccccn3)NC(=S)N2Cc2ccncc2)ccc1Cl. The lowest BCUT2D eigenvalue weighted by Crippen LogP contribution is -2.30. The summed E-state index contributed by atoms with van der Waals surface area (Å²) in [5, 5.41) is 4.99. The Kier molecular flexibility index (Phi) is 5.64. The van der Waals surface area contributed by atoms with Gasteiger partial charge >= 0.3 is 0 Å². The average Bonchev–Trinajstić information content (AvgIpc) is 3.42. The van der Waals surface area contributed by atoms with Crippen LogP contribution in [0.4, 0.5) is 0 Å². The Balaban J connectivity index is 1.61. The topological polar surface area (TPSA) is 46.0 Å². The third-order valence-electron chi connectivity index (χ3n) is 5.80. The van der Waals surface area contributed by atoms with Crippen LogP contribution in [0.25, 0.3) is 5.69 Å². The van der Waals surface area contributed by atoms with Gasteiger partial charge in [-0.15, -0.1) is 0 Å². The summed E-state index contributed by atoms with van der Waals surface area (Å²) in [6.07, 6.45) is 7.53. The molecule has 0 unspecified atom stereocenters. The van der Waals surface area contributed by atoms with Crippen LogP contribution in [0.5, 0.6) is 0 Å². The first-order chi connectivity index (χ1) is 15.6. The smallest absolute Gasteiger partial charge is 0.170 e. The van der Waals surface area contributed by atoms with Crippen molar-refractivity contribution in [1.29, 1.82) is 0 Å². The first-order valence-electron chi connectivity index (χ1n) is 10.4. The third kappa shape index (κ3) is 3.87. The molecule has 0 bridgehead atoms. The van der Waals surface area contributed by atoms with Crippen molar-refractivity contribution in [3.8, 4) is 5.69 Å². The van der Waals surface area contributed by atoms with E-state index >= 15 is 0 Å². The molecular weight excluding hydrogens is 438 g/mol. The van der Waals surface area contributed by atoms with Crippen LogP contribution < -0.4 is 5.32 Å². The normalized spacial score (nSPS) is 18.1. The first-order valence-corrected chi connectivity index (χ1v) is 11.2. The fourth-order valence-electron chi connectivity index (χ4n) is 4.23. The molecule has 0 spiro atoms. The number of aryl methyl sites for hydroxylation is 1. The number of aromatic nitrogens is 3. The zero-order valence-electron chi connectivity index (χ0n) is 17.5. The summed E-state index contributed by atoms with van der Waals surface area (Å²) >= 11 is 12.1. The number of halogens is 1. The van der Waals surface area contributed by atoms with Gasteiger partial charge in [0.2, 0.25) is 0 Å². The van der Waals surface area contributed by atoms with Gasteiger partial charge in [0.1, 0.15) is 0 Å². The van der Waals surface area contributed by atoms with Crippen LogP contribution in [0.15, 0.2) is 85.5 Å². The summed E-state index contributed by atoms with van der Waals surface area (Å²) in [5.74, 6) is 0. The molecule has 0 aliphatic carbocycles. The minimum atomic E-state index is -0.0763. The Hall–Kier alpha value is -3.22. The third-order valence-corrected chi connectivity index (χ3v) is 6.58. The molecule has 0 saturated carbocycles. The van der Waals surface area contributed by atoms with Crippen molar-refractivity contribution in [2.45, 2.75) is 25.6 Å². The predicted molar refractivity (Wildman–Crippen MR) is 131 cm³/mol. The number of nitrogens with zero attached hydrogens (tertiary/aromatic N) is 4. The summed E-state index contributed by atoms with van der Waals surface area (Å²) in [5.41, 5.74) is 5.34. The molecule has 0 amide bonds. The highest BCUT2D eigenvalue weighted by Gasteiger charge is 2.41. The van der Waals surface area contributed by atoms with Crippen LogP contribution in [0, 0.1) is 6.92 Å². The molecule has 1 saturated heterocycles. The highest BCUT2D eigenvalue weighted by molar-refractivity contribution is 7.80. The zero-order valence-corrected chi connectivity index (χ0v) is 19.1. The van der Waals surface area contributed by atoms with Crippen molar-refractivity contribution in [1.82, 2.24) is 24.8 Å². The van der Waals surface area contributed by atoms with E-state index in [1.165, 1.54) is 0 Å². The second kappa shape index (κ2) is 8.73. The highest BCUT2D eigenvalue weighted by atomic mass is 35.5. The Morgan fingerprint density at radius 1 is 1.03 bits per heavy atom. The fourth-order valence-corrected chi connectivity index (χ4v) is 4.65. The molecule has 0 radical (unpaired) electrons. The zero-order chi connectivity index (χ0) is 22.1. The van der Waals surface area contributed by atoms with Crippen molar-refractivity contribution in [3.05, 3.63) is 113 Å². The highest BCUT2D eigenvalue weighted by Crippen LogP contribution is 2.40. The van der Waals surface area contributed by atoms with Crippen molar-refractivity contribution < 1.29 is 0 Å². The van der Waals surface area contributed by atoms with Gasteiger partial charge in [-0.1, -0.05) is 17.7 Å². The summed E-state index contributed by atoms with van der Waals surface area (Å²) in [4.78, 5) is 11.0. The quantitative estimate of drug-likeness (QED) is 0.405. The molecule has 7 heteroatoms.